The molecular weight excluding hydrogens is 274 g/mol. The Balaban J connectivity index is 1.87. The maximum absolute atomic E-state index is 10.9. The van der Waals surface area contributed by atoms with Gasteiger partial charge in [0.15, 0.2) is 0 Å². The van der Waals surface area contributed by atoms with Crippen LogP contribution >= 0.6 is 11.3 Å². The van der Waals surface area contributed by atoms with Gasteiger partial charge in [-0.1, -0.05) is 23.5 Å². The van der Waals surface area contributed by atoms with Crippen LogP contribution in [0.3, 0.4) is 0 Å². The molecule has 0 spiro atoms. The molecule has 0 amide bonds. The van der Waals surface area contributed by atoms with Gasteiger partial charge in [0.25, 0.3) is 5.69 Å². The topological polar surface area (TPSA) is 68.4 Å². The van der Waals surface area contributed by atoms with Crippen LogP contribution in [-0.2, 0) is 12.8 Å². The number of fused-ring (bicyclic) bond motifs is 1. The number of aromatic nitrogens is 1. The zero-order valence-corrected chi connectivity index (χ0v) is 11.6. The average molecular weight is 287 g/mol. The molecule has 2 aromatic rings. The van der Waals surface area contributed by atoms with Crippen LogP contribution < -0.4 is 0 Å². The number of hydrogen-bond acceptors (Lipinski definition) is 5. The smallest absolute Gasteiger partial charge is 0.258 e. The number of aliphatic imine (C=N–C) groups is 1. The van der Waals surface area contributed by atoms with Crippen molar-refractivity contribution in [3.05, 3.63) is 50.5 Å². The Bertz CT molecular complexity index is 655. The first-order chi connectivity index (χ1) is 9.74. The third-order valence-electron chi connectivity index (χ3n) is 3.28. The molecule has 3 rings (SSSR count). The molecule has 1 aliphatic carbocycles. The molecule has 0 atom stereocenters. The van der Waals surface area contributed by atoms with Crippen LogP contribution in [0.15, 0.2) is 29.3 Å². The van der Waals surface area contributed by atoms with Crippen LogP contribution in [0.1, 0.15) is 29.0 Å². The lowest BCUT2D eigenvalue weighted by Crippen LogP contribution is -1.98. The van der Waals surface area contributed by atoms with Crippen LogP contribution in [0.2, 0.25) is 0 Å². The highest BCUT2D eigenvalue weighted by atomic mass is 32.1. The molecule has 1 heterocycles. The van der Waals surface area contributed by atoms with Gasteiger partial charge in [-0.05, 0) is 31.7 Å². The van der Waals surface area contributed by atoms with Crippen molar-refractivity contribution in [1.82, 2.24) is 4.98 Å². The Morgan fingerprint density at radius 2 is 2.10 bits per heavy atom. The van der Waals surface area contributed by atoms with Crippen molar-refractivity contribution in [3.8, 4) is 0 Å². The standard InChI is InChI=1S/C14H13N3O2S/c18-17(19)12-7-3-1-5-10(12)9-15-14-16-11-6-2-4-8-13(11)20-14/h1,3,5,7,9H,2,4,6,8H2/b15-9+. The molecule has 1 aromatic carbocycles. The third-order valence-corrected chi connectivity index (χ3v) is 4.35. The van der Waals surface area contributed by atoms with E-state index in [1.54, 1.807) is 29.5 Å². The van der Waals surface area contributed by atoms with Crippen LogP contribution in [0.25, 0.3) is 0 Å². The predicted molar refractivity (Wildman–Crippen MR) is 79.1 cm³/mol. The molecule has 5 nitrogen and oxygen atoms in total. The summed E-state index contributed by atoms with van der Waals surface area (Å²) in [6.07, 6.45) is 6.02. The second-order valence-electron chi connectivity index (χ2n) is 4.65. The lowest BCUT2D eigenvalue weighted by molar-refractivity contribution is -0.385. The number of para-hydroxylation sites is 1. The summed E-state index contributed by atoms with van der Waals surface area (Å²) in [6, 6.07) is 6.59. The maximum Gasteiger partial charge on any atom is 0.278 e. The Morgan fingerprint density at radius 1 is 1.30 bits per heavy atom. The van der Waals surface area contributed by atoms with Crippen molar-refractivity contribution in [2.45, 2.75) is 25.7 Å². The van der Waals surface area contributed by atoms with E-state index in [4.69, 9.17) is 0 Å². The first-order valence-corrected chi connectivity index (χ1v) is 7.32. The van der Waals surface area contributed by atoms with Gasteiger partial charge in [-0.25, -0.2) is 9.98 Å². The molecule has 0 aliphatic heterocycles. The maximum atomic E-state index is 10.9. The van der Waals surface area contributed by atoms with E-state index >= 15 is 0 Å². The average Bonchev–Trinajstić information content (AvgIpc) is 2.88. The third kappa shape index (κ3) is 2.60. The van der Waals surface area contributed by atoms with Gasteiger partial charge in [-0.3, -0.25) is 10.1 Å². The summed E-state index contributed by atoms with van der Waals surface area (Å²) in [5, 5.41) is 11.6. The summed E-state index contributed by atoms with van der Waals surface area (Å²) in [7, 11) is 0. The molecule has 0 saturated carbocycles. The van der Waals surface area contributed by atoms with Crippen LogP contribution in [0.4, 0.5) is 10.8 Å². The number of thiazole rings is 1. The van der Waals surface area contributed by atoms with E-state index in [1.807, 2.05) is 0 Å². The van der Waals surface area contributed by atoms with Gasteiger partial charge in [0, 0.05) is 17.2 Å². The molecule has 0 saturated heterocycles. The van der Waals surface area contributed by atoms with Gasteiger partial charge in [0.2, 0.25) is 5.13 Å². The fourth-order valence-electron chi connectivity index (χ4n) is 2.28. The summed E-state index contributed by atoms with van der Waals surface area (Å²) in [6.45, 7) is 0. The lowest BCUT2D eigenvalue weighted by Gasteiger charge is -2.06. The molecule has 1 aliphatic rings. The van der Waals surface area contributed by atoms with Crippen molar-refractivity contribution in [1.29, 1.82) is 0 Å². The van der Waals surface area contributed by atoms with Crippen LogP contribution in [0, 0.1) is 10.1 Å². The summed E-state index contributed by atoms with van der Waals surface area (Å²) in [5.41, 5.74) is 1.72. The molecule has 0 radical (unpaired) electrons. The highest BCUT2D eigenvalue weighted by molar-refractivity contribution is 7.15. The molecule has 0 fully saturated rings. The zero-order chi connectivity index (χ0) is 13.9. The Labute approximate surface area is 120 Å². The summed E-state index contributed by atoms with van der Waals surface area (Å²) in [4.78, 5) is 20.6. The normalized spacial score (nSPS) is 14.4. The van der Waals surface area contributed by atoms with E-state index in [-0.39, 0.29) is 5.69 Å². The quantitative estimate of drug-likeness (QED) is 0.491. The molecular formula is C14H13N3O2S. The molecule has 0 bridgehead atoms. The van der Waals surface area contributed by atoms with Crippen LogP contribution in [-0.4, -0.2) is 16.1 Å². The number of benzene rings is 1. The van der Waals surface area contributed by atoms with Crippen LogP contribution in [0.5, 0.6) is 0 Å². The Morgan fingerprint density at radius 3 is 2.90 bits per heavy atom. The highest BCUT2D eigenvalue weighted by Gasteiger charge is 2.15. The SMILES string of the molecule is O=[N+]([O-])c1ccccc1/C=N/c1nc2c(s1)CCCC2. The number of nitrogens with zero attached hydrogens (tertiary/aromatic N) is 3. The van der Waals surface area contributed by atoms with Gasteiger partial charge in [0.1, 0.15) is 0 Å². The van der Waals surface area contributed by atoms with Gasteiger partial charge < -0.3 is 0 Å². The van der Waals surface area contributed by atoms with E-state index in [2.05, 4.69) is 9.98 Å². The molecule has 1 aromatic heterocycles. The number of hydrogen-bond donors (Lipinski definition) is 0. The van der Waals surface area contributed by atoms with Crippen molar-refractivity contribution in [2.75, 3.05) is 0 Å². The fourth-order valence-corrected chi connectivity index (χ4v) is 3.27. The molecule has 0 unspecified atom stereocenters. The highest BCUT2D eigenvalue weighted by Crippen LogP contribution is 2.31. The predicted octanol–water partition coefficient (Wildman–Crippen LogP) is 3.68. The Hall–Kier alpha value is -2.08. The zero-order valence-electron chi connectivity index (χ0n) is 10.8. The van der Waals surface area contributed by atoms with Crippen molar-refractivity contribution < 1.29 is 4.92 Å². The summed E-state index contributed by atoms with van der Waals surface area (Å²) < 4.78 is 0. The minimum atomic E-state index is -0.395. The first-order valence-electron chi connectivity index (χ1n) is 6.50. The number of nitro groups is 1. The monoisotopic (exact) mass is 287 g/mol. The van der Waals surface area contributed by atoms with E-state index in [1.165, 1.54) is 30.0 Å². The fraction of sp³-hybridized carbons (Fsp3) is 0.286. The first kappa shape index (κ1) is 12.9. The van der Waals surface area contributed by atoms with Crippen molar-refractivity contribution in [3.63, 3.8) is 0 Å². The summed E-state index contributed by atoms with van der Waals surface area (Å²) >= 11 is 1.59. The van der Waals surface area contributed by atoms with Gasteiger partial charge in [-0.2, -0.15) is 0 Å². The van der Waals surface area contributed by atoms with E-state index < -0.39 is 4.92 Å². The molecule has 102 valence electrons. The second-order valence-corrected chi connectivity index (χ2v) is 5.71. The van der Waals surface area contributed by atoms with Gasteiger partial charge >= 0.3 is 0 Å². The van der Waals surface area contributed by atoms with Gasteiger partial charge in [-0.15, -0.1) is 0 Å². The van der Waals surface area contributed by atoms with E-state index in [0.29, 0.717) is 10.7 Å². The number of rotatable bonds is 3. The minimum absolute atomic E-state index is 0.0672. The van der Waals surface area contributed by atoms with Crippen molar-refractivity contribution in [2.24, 2.45) is 4.99 Å². The van der Waals surface area contributed by atoms with Crippen molar-refractivity contribution >= 4 is 28.4 Å². The summed E-state index contributed by atoms with van der Waals surface area (Å²) in [5.74, 6) is 0. The number of nitro benzene ring substituents is 1. The number of aryl methyl sites for hydroxylation is 2. The lowest BCUT2D eigenvalue weighted by atomic mass is 10.0. The Kier molecular flexibility index (Phi) is 3.56. The molecule has 0 N–H and O–H groups in total. The van der Waals surface area contributed by atoms with E-state index in [9.17, 15) is 10.1 Å². The molecule has 20 heavy (non-hydrogen) atoms. The van der Waals surface area contributed by atoms with Gasteiger partial charge in [0.05, 0.1) is 16.2 Å². The largest absolute Gasteiger partial charge is 0.278 e. The minimum Gasteiger partial charge on any atom is -0.258 e. The molecule has 6 heteroatoms. The second kappa shape index (κ2) is 5.50. The van der Waals surface area contributed by atoms with E-state index in [0.717, 1.165) is 18.5 Å².